The summed E-state index contributed by atoms with van der Waals surface area (Å²) in [7, 11) is -3.06. The van der Waals surface area contributed by atoms with Crippen LogP contribution in [0.5, 0.6) is 0 Å². The average Bonchev–Trinajstić information content (AvgIpc) is 2.72. The number of nitrogen functional groups attached to an aromatic ring is 1. The molecule has 1 saturated heterocycles. The second-order valence-electron chi connectivity index (χ2n) is 4.66. The molecule has 1 fully saturated rings. The van der Waals surface area contributed by atoms with E-state index in [-0.39, 0.29) is 5.82 Å². The molecule has 0 amide bonds. The lowest BCUT2D eigenvalue weighted by molar-refractivity contribution is -0.355. The molecule has 1 aromatic rings. The van der Waals surface area contributed by atoms with E-state index in [0.29, 0.717) is 4.57 Å². The predicted molar refractivity (Wildman–Crippen MR) is 69.5 cm³/mol. The van der Waals surface area contributed by atoms with Crippen LogP contribution in [0.25, 0.3) is 0 Å². The zero-order chi connectivity index (χ0) is 18.1. The first kappa shape index (κ1) is 18.7. The summed E-state index contributed by atoms with van der Waals surface area (Å²) in [6, 6.07) is 1.14. The largest absolute Gasteiger partial charge is 0.694 e. The standard InChI is InChI=1S/C10H11F3N3O7P/c11-10(12,13)23-7-6(17)4(3-21-24(19)20)22-8(7)16-2-1-5(14)15-9(16)18/h1-2,4,6-8,17H,3H2,(H2-,14,15,18,19,20)/p+1/t4-,6-,7-,8-/m1/s1. The summed E-state index contributed by atoms with van der Waals surface area (Å²) in [5, 5.41) is 9.94. The third-order valence-corrected chi connectivity index (χ3v) is 3.43. The normalized spacial score (nSPS) is 28.1. The Morgan fingerprint density at radius 2 is 2.17 bits per heavy atom. The highest BCUT2D eigenvalue weighted by atomic mass is 31.1. The van der Waals surface area contributed by atoms with Crippen LogP contribution < -0.4 is 11.4 Å². The molecule has 2 heterocycles. The molecule has 0 radical (unpaired) electrons. The lowest BCUT2D eigenvalue weighted by atomic mass is 10.1. The van der Waals surface area contributed by atoms with Crippen LogP contribution in [0, 0.1) is 0 Å². The van der Waals surface area contributed by atoms with E-state index in [1.165, 1.54) is 0 Å². The summed E-state index contributed by atoms with van der Waals surface area (Å²) in [6.07, 6.45) is -11.2. The van der Waals surface area contributed by atoms with E-state index in [4.69, 9.17) is 15.4 Å². The Morgan fingerprint density at radius 1 is 1.50 bits per heavy atom. The van der Waals surface area contributed by atoms with Gasteiger partial charge in [0.25, 0.3) is 0 Å². The number of hydrogen-bond acceptors (Lipinski definition) is 8. The van der Waals surface area contributed by atoms with Crippen molar-refractivity contribution in [1.82, 2.24) is 9.55 Å². The number of aliphatic hydroxyl groups excluding tert-OH is 1. The lowest BCUT2D eigenvalue weighted by Crippen LogP contribution is -2.41. The first-order valence-electron chi connectivity index (χ1n) is 6.30. The zero-order valence-corrected chi connectivity index (χ0v) is 12.6. The molecule has 1 aromatic heterocycles. The van der Waals surface area contributed by atoms with Crippen molar-refractivity contribution < 1.29 is 41.7 Å². The Morgan fingerprint density at radius 3 is 2.71 bits per heavy atom. The smallest absolute Gasteiger partial charge is 0.387 e. The van der Waals surface area contributed by atoms with Gasteiger partial charge >= 0.3 is 20.3 Å². The average molecular weight is 374 g/mol. The Kier molecular flexibility index (Phi) is 5.52. The molecule has 4 N–H and O–H groups in total. The minimum atomic E-state index is -5.13. The molecule has 0 bridgehead atoms. The van der Waals surface area contributed by atoms with Gasteiger partial charge in [0.05, 0.1) is 0 Å². The van der Waals surface area contributed by atoms with Crippen molar-refractivity contribution in [3.63, 3.8) is 0 Å². The Labute approximate surface area is 132 Å². The number of rotatable bonds is 5. The predicted octanol–water partition coefficient (Wildman–Crippen LogP) is -0.345. The van der Waals surface area contributed by atoms with Gasteiger partial charge in [0.2, 0.25) is 0 Å². The highest BCUT2D eigenvalue weighted by Crippen LogP contribution is 2.36. The van der Waals surface area contributed by atoms with Crippen molar-refractivity contribution in [1.29, 1.82) is 0 Å². The Hall–Kier alpha value is -1.63. The van der Waals surface area contributed by atoms with Crippen LogP contribution in [-0.4, -0.2) is 50.8 Å². The quantitative estimate of drug-likeness (QED) is 0.589. The monoisotopic (exact) mass is 374 g/mol. The maximum Gasteiger partial charge on any atom is 0.694 e. The first-order valence-corrected chi connectivity index (χ1v) is 7.43. The van der Waals surface area contributed by atoms with E-state index in [1.54, 1.807) is 0 Å². The van der Waals surface area contributed by atoms with Crippen molar-refractivity contribution >= 4 is 14.1 Å². The van der Waals surface area contributed by atoms with Gasteiger partial charge in [-0.1, -0.05) is 0 Å². The number of aliphatic hydroxyl groups is 1. The highest BCUT2D eigenvalue weighted by molar-refractivity contribution is 7.32. The molecule has 1 aliphatic rings. The summed E-state index contributed by atoms with van der Waals surface area (Å²) < 4.78 is 62.1. The SMILES string of the molecule is Nc1ccn([C@@H]2O[C@H](CO[P+](=O)O)[C@@H](O)[C@H]2OC(F)(F)F)c(=O)n1. The molecule has 1 unspecified atom stereocenters. The summed E-state index contributed by atoms with van der Waals surface area (Å²) in [5.41, 5.74) is 4.26. The van der Waals surface area contributed by atoms with Crippen LogP contribution in [0.15, 0.2) is 17.1 Å². The van der Waals surface area contributed by atoms with Crippen LogP contribution >= 0.6 is 8.25 Å². The molecule has 24 heavy (non-hydrogen) atoms. The van der Waals surface area contributed by atoms with Crippen LogP contribution in [0.3, 0.4) is 0 Å². The summed E-state index contributed by atoms with van der Waals surface area (Å²) in [5.74, 6) is -0.166. The maximum atomic E-state index is 12.5. The van der Waals surface area contributed by atoms with Gasteiger partial charge in [-0.05, 0) is 6.07 Å². The van der Waals surface area contributed by atoms with Gasteiger partial charge in [-0.15, -0.1) is 22.6 Å². The fourth-order valence-corrected chi connectivity index (χ4v) is 2.39. The van der Waals surface area contributed by atoms with Crippen LogP contribution in [0.1, 0.15) is 6.23 Å². The fourth-order valence-electron chi connectivity index (χ4n) is 2.12. The van der Waals surface area contributed by atoms with Gasteiger partial charge in [0.15, 0.2) is 6.23 Å². The zero-order valence-electron chi connectivity index (χ0n) is 11.7. The maximum absolute atomic E-state index is 12.5. The molecule has 0 spiro atoms. The number of anilines is 1. The number of ether oxygens (including phenoxy) is 2. The molecule has 0 saturated carbocycles. The van der Waals surface area contributed by atoms with E-state index >= 15 is 0 Å². The summed E-state index contributed by atoms with van der Waals surface area (Å²) in [4.78, 5) is 23.7. The van der Waals surface area contributed by atoms with Crippen molar-refractivity contribution in [3.05, 3.63) is 22.7 Å². The van der Waals surface area contributed by atoms with Crippen LogP contribution in [0.2, 0.25) is 0 Å². The molecular weight excluding hydrogens is 362 g/mol. The number of aromatic nitrogens is 2. The number of halogens is 3. The molecule has 1 aliphatic heterocycles. The van der Waals surface area contributed by atoms with Crippen LogP contribution in [-0.2, 0) is 18.6 Å². The van der Waals surface area contributed by atoms with Gasteiger partial charge in [0.1, 0.15) is 30.7 Å². The molecule has 134 valence electrons. The van der Waals surface area contributed by atoms with E-state index in [9.17, 15) is 27.6 Å². The summed E-state index contributed by atoms with van der Waals surface area (Å²) in [6.45, 7) is -0.696. The second kappa shape index (κ2) is 7.09. The molecular formula is C10H12F3N3O7P+. The van der Waals surface area contributed by atoms with E-state index in [0.717, 1.165) is 12.3 Å². The molecule has 5 atom stereocenters. The van der Waals surface area contributed by atoms with Gasteiger partial charge in [0, 0.05) is 10.8 Å². The third kappa shape index (κ3) is 4.47. The number of hydrogen-bond donors (Lipinski definition) is 3. The topological polar surface area (TPSA) is 146 Å². The van der Waals surface area contributed by atoms with E-state index in [2.05, 4.69) is 14.2 Å². The molecule has 2 rings (SSSR count). The lowest BCUT2D eigenvalue weighted by Gasteiger charge is -2.23. The Bertz CT molecular complexity index is 670. The van der Waals surface area contributed by atoms with Gasteiger partial charge in [-0.2, -0.15) is 4.98 Å². The van der Waals surface area contributed by atoms with Gasteiger partial charge in [-0.25, -0.2) is 4.79 Å². The molecule has 0 aromatic carbocycles. The van der Waals surface area contributed by atoms with E-state index in [1.807, 2.05) is 0 Å². The van der Waals surface area contributed by atoms with Crippen molar-refractivity contribution in [3.8, 4) is 0 Å². The first-order chi connectivity index (χ1) is 11.1. The minimum Gasteiger partial charge on any atom is -0.387 e. The van der Waals surface area contributed by atoms with Crippen molar-refractivity contribution in [2.45, 2.75) is 30.9 Å². The molecule has 14 heteroatoms. The number of nitrogens with zero attached hydrogens (tertiary/aromatic N) is 2. The van der Waals surface area contributed by atoms with Crippen LogP contribution in [0.4, 0.5) is 19.0 Å². The number of alkyl halides is 3. The number of nitrogens with two attached hydrogens (primary N) is 1. The van der Waals surface area contributed by atoms with Crippen molar-refractivity contribution in [2.75, 3.05) is 12.3 Å². The van der Waals surface area contributed by atoms with E-state index < -0.39 is 51.5 Å². The van der Waals surface area contributed by atoms with Gasteiger partial charge in [-0.3, -0.25) is 9.30 Å². The minimum absolute atomic E-state index is 0.166. The third-order valence-electron chi connectivity index (χ3n) is 3.06. The summed E-state index contributed by atoms with van der Waals surface area (Å²) >= 11 is 0. The molecule has 10 nitrogen and oxygen atoms in total. The highest BCUT2D eigenvalue weighted by Gasteiger charge is 2.51. The fraction of sp³-hybridized carbons (Fsp3) is 0.600. The molecule has 0 aliphatic carbocycles. The second-order valence-corrected chi connectivity index (χ2v) is 5.39. The Balaban J connectivity index is 2.31. The van der Waals surface area contributed by atoms with Gasteiger partial charge < -0.3 is 15.6 Å². The van der Waals surface area contributed by atoms with Crippen molar-refractivity contribution in [2.24, 2.45) is 0 Å².